The van der Waals surface area contributed by atoms with E-state index in [2.05, 4.69) is 0 Å². The maximum Gasteiger partial charge on any atom is 0.109 e. The number of rotatable bonds is 0. The second-order valence-electron chi connectivity index (χ2n) is 3.89. The van der Waals surface area contributed by atoms with Crippen molar-refractivity contribution in [2.75, 3.05) is 13.1 Å². The zero-order valence-corrected chi connectivity index (χ0v) is 7.24. The number of piperidine rings is 1. The van der Waals surface area contributed by atoms with E-state index in [1.165, 1.54) is 0 Å². The minimum absolute atomic E-state index is 0.333. The lowest BCUT2D eigenvalue weighted by atomic mass is 9.93. The van der Waals surface area contributed by atoms with E-state index in [1.54, 1.807) is 0 Å². The molecule has 2 saturated heterocycles. The molecule has 0 bridgehead atoms. The number of aliphatic hydroxyl groups excluding tert-OH is 4. The average Bonchev–Trinajstić information content (AvgIpc) is 2.43. The first-order valence-corrected chi connectivity index (χ1v) is 4.57. The van der Waals surface area contributed by atoms with Crippen molar-refractivity contribution in [3.8, 4) is 0 Å². The van der Waals surface area contributed by atoms with Crippen LogP contribution in [0.3, 0.4) is 0 Å². The van der Waals surface area contributed by atoms with Crippen LogP contribution in [-0.2, 0) is 0 Å². The van der Waals surface area contributed by atoms with Crippen LogP contribution in [0.1, 0.15) is 6.42 Å². The molecule has 2 rings (SSSR count). The third kappa shape index (κ3) is 1.37. The quantitative estimate of drug-likeness (QED) is 0.339. The van der Waals surface area contributed by atoms with Crippen molar-refractivity contribution in [2.45, 2.75) is 36.9 Å². The lowest BCUT2D eigenvalue weighted by Crippen LogP contribution is -2.61. The summed E-state index contributed by atoms with van der Waals surface area (Å²) < 4.78 is 0. The van der Waals surface area contributed by atoms with Crippen LogP contribution in [0.25, 0.3) is 0 Å². The Morgan fingerprint density at radius 1 is 0.923 bits per heavy atom. The molecular weight excluding hydrogens is 174 g/mol. The minimum atomic E-state index is -1.13. The van der Waals surface area contributed by atoms with Crippen LogP contribution < -0.4 is 0 Å². The summed E-state index contributed by atoms with van der Waals surface area (Å²) in [6.45, 7) is 1.01. The number of aliphatic hydroxyl groups is 4. The Bertz CT molecular complexity index is 201. The van der Waals surface area contributed by atoms with E-state index < -0.39 is 30.5 Å². The summed E-state index contributed by atoms with van der Waals surface area (Å²) in [6.07, 6.45) is -3.06. The Balaban J connectivity index is 2.15. The highest BCUT2D eigenvalue weighted by atomic mass is 16.4. The molecule has 5 atom stereocenters. The van der Waals surface area contributed by atoms with Crippen LogP contribution >= 0.6 is 0 Å². The Labute approximate surface area is 76.2 Å². The van der Waals surface area contributed by atoms with Crippen molar-refractivity contribution in [3.05, 3.63) is 0 Å². The van der Waals surface area contributed by atoms with Gasteiger partial charge >= 0.3 is 0 Å². The van der Waals surface area contributed by atoms with Gasteiger partial charge in [-0.15, -0.1) is 0 Å². The molecule has 13 heavy (non-hydrogen) atoms. The summed E-state index contributed by atoms with van der Waals surface area (Å²) in [4.78, 5) is 1.83. The fourth-order valence-electron chi connectivity index (χ4n) is 2.30. The number of hydrogen-bond acceptors (Lipinski definition) is 5. The highest BCUT2D eigenvalue weighted by Crippen LogP contribution is 2.27. The molecule has 2 aliphatic rings. The van der Waals surface area contributed by atoms with Gasteiger partial charge in [0.25, 0.3) is 0 Å². The number of fused-ring (bicyclic) bond motifs is 1. The standard InChI is InChI=1S/C8H15NO4/c10-4-1-2-9-3-5(11)7(12)8(13)6(4)9/h4-8,10-13H,1-3H2/t4-,5+,6-,7-,8-/m0/s1. The van der Waals surface area contributed by atoms with Crippen LogP contribution in [0, 0.1) is 0 Å². The van der Waals surface area contributed by atoms with Gasteiger partial charge in [-0.05, 0) is 6.42 Å². The van der Waals surface area contributed by atoms with E-state index in [9.17, 15) is 20.4 Å². The first kappa shape index (κ1) is 9.36. The molecule has 0 radical (unpaired) electrons. The largest absolute Gasteiger partial charge is 0.391 e. The molecule has 0 spiro atoms. The molecule has 2 aliphatic heterocycles. The second kappa shape index (κ2) is 3.18. The molecule has 0 aromatic carbocycles. The Morgan fingerprint density at radius 3 is 2.31 bits per heavy atom. The van der Waals surface area contributed by atoms with Crippen molar-refractivity contribution in [3.63, 3.8) is 0 Å². The Morgan fingerprint density at radius 2 is 1.62 bits per heavy atom. The van der Waals surface area contributed by atoms with Crippen LogP contribution in [0.15, 0.2) is 0 Å². The van der Waals surface area contributed by atoms with Crippen LogP contribution in [-0.4, -0.2) is 68.9 Å². The Hall–Kier alpha value is -0.200. The van der Waals surface area contributed by atoms with Gasteiger partial charge in [-0.25, -0.2) is 0 Å². The van der Waals surface area contributed by atoms with Crippen molar-refractivity contribution >= 4 is 0 Å². The minimum Gasteiger partial charge on any atom is -0.391 e. The molecule has 0 aliphatic carbocycles. The normalized spacial score (nSPS) is 52.2. The van der Waals surface area contributed by atoms with Gasteiger partial charge in [-0.3, -0.25) is 4.90 Å². The maximum absolute atomic E-state index is 9.58. The summed E-state index contributed by atoms with van der Waals surface area (Å²) in [7, 11) is 0. The van der Waals surface area contributed by atoms with Crippen molar-refractivity contribution in [2.24, 2.45) is 0 Å². The van der Waals surface area contributed by atoms with Crippen LogP contribution in [0.2, 0.25) is 0 Å². The van der Waals surface area contributed by atoms with Gasteiger partial charge in [0.2, 0.25) is 0 Å². The first-order chi connectivity index (χ1) is 6.11. The van der Waals surface area contributed by atoms with Crippen LogP contribution in [0.4, 0.5) is 0 Å². The molecule has 0 unspecified atom stereocenters. The monoisotopic (exact) mass is 189 g/mol. The molecule has 2 heterocycles. The Kier molecular flexibility index (Phi) is 2.29. The van der Waals surface area contributed by atoms with Gasteiger partial charge in [0.15, 0.2) is 0 Å². The van der Waals surface area contributed by atoms with Gasteiger partial charge in [-0.2, -0.15) is 0 Å². The summed E-state index contributed by atoms with van der Waals surface area (Å²) in [5, 5.41) is 37.8. The van der Waals surface area contributed by atoms with Gasteiger partial charge in [0, 0.05) is 13.1 Å². The molecule has 0 saturated carbocycles. The summed E-state index contributed by atoms with van der Waals surface area (Å²) >= 11 is 0. The number of hydrogen-bond donors (Lipinski definition) is 4. The highest BCUT2D eigenvalue weighted by molar-refractivity contribution is 5.01. The van der Waals surface area contributed by atoms with Gasteiger partial charge in [-0.1, -0.05) is 0 Å². The molecule has 0 aromatic heterocycles. The van der Waals surface area contributed by atoms with Gasteiger partial charge < -0.3 is 20.4 Å². The predicted molar refractivity (Wildman–Crippen MR) is 44.0 cm³/mol. The molecule has 4 N–H and O–H groups in total. The van der Waals surface area contributed by atoms with Crippen molar-refractivity contribution in [1.29, 1.82) is 0 Å². The van der Waals surface area contributed by atoms with Crippen molar-refractivity contribution < 1.29 is 20.4 Å². The zero-order chi connectivity index (χ0) is 9.59. The van der Waals surface area contributed by atoms with E-state index in [0.717, 1.165) is 0 Å². The fraction of sp³-hybridized carbons (Fsp3) is 1.00. The molecule has 76 valence electrons. The molecule has 0 amide bonds. The molecular formula is C8H15NO4. The summed E-state index contributed by atoms with van der Waals surface area (Å²) in [5.41, 5.74) is 0. The molecule has 2 fully saturated rings. The fourth-order valence-corrected chi connectivity index (χ4v) is 2.30. The SMILES string of the molecule is O[C@@H]1[C@@H](O)[C@H](O)CN2CC[C@H](O)[C@@H]12. The third-order valence-electron chi connectivity index (χ3n) is 3.04. The van der Waals surface area contributed by atoms with E-state index in [-0.39, 0.29) is 0 Å². The van der Waals surface area contributed by atoms with E-state index in [1.807, 2.05) is 4.90 Å². The average molecular weight is 189 g/mol. The maximum atomic E-state index is 9.58. The van der Waals surface area contributed by atoms with Gasteiger partial charge in [0.05, 0.1) is 18.2 Å². The zero-order valence-electron chi connectivity index (χ0n) is 7.24. The predicted octanol–water partition coefficient (Wildman–Crippen LogP) is -2.48. The highest BCUT2D eigenvalue weighted by Gasteiger charge is 2.47. The summed E-state index contributed by atoms with van der Waals surface area (Å²) in [6, 6.07) is -0.404. The topological polar surface area (TPSA) is 84.2 Å². The molecule has 0 aromatic rings. The lowest BCUT2D eigenvalue weighted by Gasteiger charge is -2.40. The van der Waals surface area contributed by atoms with E-state index in [0.29, 0.717) is 19.5 Å². The number of nitrogens with zero attached hydrogens (tertiary/aromatic N) is 1. The molecule has 5 nitrogen and oxygen atoms in total. The summed E-state index contributed by atoms with van der Waals surface area (Å²) in [5.74, 6) is 0. The third-order valence-corrected chi connectivity index (χ3v) is 3.04. The first-order valence-electron chi connectivity index (χ1n) is 4.57. The van der Waals surface area contributed by atoms with E-state index >= 15 is 0 Å². The lowest BCUT2D eigenvalue weighted by molar-refractivity contribution is -0.140. The van der Waals surface area contributed by atoms with Gasteiger partial charge in [0.1, 0.15) is 12.2 Å². The second-order valence-corrected chi connectivity index (χ2v) is 3.89. The van der Waals surface area contributed by atoms with Crippen molar-refractivity contribution in [1.82, 2.24) is 4.90 Å². The smallest absolute Gasteiger partial charge is 0.109 e. The molecule has 5 heteroatoms. The van der Waals surface area contributed by atoms with E-state index in [4.69, 9.17) is 0 Å². The van der Waals surface area contributed by atoms with Crippen LogP contribution in [0.5, 0.6) is 0 Å².